The van der Waals surface area contributed by atoms with Gasteiger partial charge in [-0.3, -0.25) is 4.79 Å². The van der Waals surface area contributed by atoms with Gasteiger partial charge >= 0.3 is 0 Å². The van der Waals surface area contributed by atoms with E-state index in [1.165, 1.54) is 0 Å². The molecule has 0 aliphatic rings. The van der Waals surface area contributed by atoms with E-state index < -0.39 is 24.0 Å². The Hall–Kier alpha value is -1.31. The third kappa shape index (κ3) is 1.90. The summed E-state index contributed by atoms with van der Waals surface area (Å²) in [6.07, 6.45) is -0.351. The van der Waals surface area contributed by atoms with E-state index in [0.717, 1.165) is 0 Å². The van der Waals surface area contributed by atoms with Crippen molar-refractivity contribution in [1.82, 2.24) is 0 Å². The maximum absolute atomic E-state index is 10.7. The molecule has 0 saturated heterocycles. The van der Waals surface area contributed by atoms with E-state index >= 15 is 0 Å². The molecule has 2 nitrogen and oxygen atoms in total. The first kappa shape index (κ1) is 2.74. The second-order valence-electron chi connectivity index (χ2n) is 1.75. The predicted molar refractivity (Wildman–Crippen MR) is 39.3 cm³/mol. The first-order valence-electron chi connectivity index (χ1n) is 5.20. The number of carbonyl (C=O) groups is 1. The van der Waals surface area contributed by atoms with Gasteiger partial charge in [0.05, 0.1) is 13.3 Å². The van der Waals surface area contributed by atoms with Gasteiger partial charge in [0.25, 0.3) is 0 Å². The van der Waals surface area contributed by atoms with Crippen LogP contribution in [0.3, 0.4) is 0 Å². The Bertz CT molecular complexity index is 403. The lowest BCUT2D eigenvalue weighted by atomic mass is 10.1. The highest BCUT2D eigenvalue weighted by Gasteiger charge is 1.94. The van der Waals surface area contributed by atoms with Crippen molar-refractivity contribution in [1.29, 1.82) is 0 Å². The average molecular weight is 140 g/mol. The summed E-state index contributed by atoms with van der Waals surface area (Å²) < 4.78 is 36.8. The fourth-order valence-electron chi connectivity index (χ4n) is 0.539. The molecule has 1 aromatic carbocycles. The quantitative estimate of drug-likeness (QED) is 0.646. The van der Waals surface area contributed by atoms with E-state index in [1.54, 1.807) is 0 Å². The summed E-state index contributed by atoms with van der Waals surface area (Å²) in [5.74, 6) is -0.728. The molecule has 1 amide bonds. The Morgan fingerprint density at radius 3 is 2.60 bits per heavy atom. The summed E-state index contributed by atoms with van der Waals surface area (Å²) in [5.41, 5.74) is 4.86. The van der Waals surface area contributed by atoms with Gasteiger partial charge in [0, 0.05) is 0 Å². The second-order valence-corrected chi connectivity index (χ2v) is 1.75. The molecule has 0 spiro atoms. The largest absolute Gasteiger partial charge is 0.369 e. The van der Waals surface area contributed by atoms with Gasteiger partial charge in [-0.2, -0.15) is 0 Å². The standard InChI is InChI=1S/C8H9NO/c9-8(10)6-7-4-2-1-3-5-7/h1-5H,6H2,(H2,9,10)/i1D,2D,3D,4D,5D. The van der Waals surface area contributed by atoms with Gasteiger partial charge in [-0.05, 0) is 5.56 Å². The summed E-state index contributed by atoms with van der Waals surface area (Å²) in [7, 11) is 0. The number of benzene rings is 1. The van der Waals surface area contributed by atoms with Crippen LogP contribution in [-0.2, 0) is 11.2 Å². The van der Waals surface area contributed by atoms with Gasteiger partial charge in [0.15, 0.2) is 0 Å². The molecule has 0 aromatic heterocycles. The zero-order chi connectivity index (χ0) is 11.7. The minimum absolute atomic E-state index is 0.0616. The molecular formula is C8H9NO. The summed E-state index contributed by atoms with van der Waals surface area (Å²) in [5, 5.41) is 0. The zero-order valence-electron chi connectivity index (χ0n) is 10.2. The zero-order valence-corrected chi connectivity index (χ0v) is 5.19. The summed E-state index contributed by atoms with van der Waals surface area (Å²) in [4.78, 5) is 10.7. The monoisotopic (exact) mass is 140 g/mol. The van der Waals surface area contributed by atoms with E-state index in [2.05, 4.69) is 0 Å². The van der Waals surface area contributed by atoms with E-state index in [1.807, 2.05) is 0 Å². The van der Waals surface area contributed by atoms with Crippen molar-refractivity contribution in [3.8, 4) is 0 Å². The molecule has 0 atom stereocenters. The lowest BCUT2D eigenvalue weighted by Crippen LogP contribution is -2.13. The van der Waals surface area contributed by atoms with Crippen molar-refractivity contribution in [3.05, 3.63) is 35.8 Å². The fraction of sp³-hybridized carbons (Fsp3) is 0.125. The molecular weight excluding hydrogens is 126 g/mol. The van der Waals surface area contributed by atoms with Crippen molar-refractivity contribution in [3.63, 3.8) is 0 Å². The number of primary amides is 1. The molecule has 0 saturated carbocycles. The van der Waals surface area contributed by atoms with E-state index in [4.69, 9.17) is 12.6 Å². The lowest BCUT2D eigenvalue weighted by molar-refractivity contribution is -0.117. The first-order chi connectivity index (χ1) is 6.86. The summed E-state index contributed by atoms with van der Waals surface area (Å²) >= 11 is 0. The van der Waals surface area contributed by atoms with Gasteiger partial charge < -0.3 is 5.73 Å². The minimum atomic E-state index is -0.728. The van der Waals surface area contributed by atoms with Crippen LogP contribution in [0, 0.1) is 0 Å². The van der Waals surface area contributed by atoms with Crippen molar-refractivity contribution in [2.45, 2.75) is 6.42 Å². The van der Waals surface area contributed by atoms with Crippen molar-refractivity contribution in [2.75, 3.05) is 0 Å². The van der Waals surface area contributed by atoms with E-state index in [0.29, 0.717) is 0 Å². The molecule has 0 heterocycles. The predicted octanol–water partition coefficient (Wildman–Crippen LogP) is 0.714. The molecule has 0 aliphatic carbocycles. The van der Waals surface area contributed by atoms with Crippen LogP contribution < -0.4 is 5.73 Å². The Morgan fingerprint density at radius 1 is 1.50 bits per heavy atom. The molecule has 2 N–H and O–H groups in total. The highest BCUT2D eigenvalue weighted by atomic mass is 16.1. The first-order valence-corrected chi connectivity index (χ1v) is 2.70. The lowest BCUT2D eigenvalue weighted by Gasteiger charge is -1.93. The van der Waals surface area contributed by atoms with Crippen LogP contribution in [0.2, 0.25) is 0 Å². The van der Waals surface area contributed by atoms with Gasteiger partial charge in [-0.15, -0.1) is 0 Å². The van der Waals surface area contributed by atoms with Gasteiger partial charge in [0.1, 0.15) is 0 Å². The summed E-state index contributed by atoms with van der Waals surface area (Å²) in [6, 6.07) is -2.13. The Morgan fingerprint density at radius 2 is 2.10 bits per heavy atom. The van der Waals surface area contributed by atoms with Crippen molar-refractivity contribution >= 4 is 5.91 Å². The molecule has 0 unspecified atom stereocenters. The third-order valence-electron chi connectivity index (χ3n) is 0.903. The normalized spacial score (nSPS) is 16.2. The van der Waals surface area contributed by atoms with E-state index in [9.17, 15) is 4.79 Å². The van der Waals surface area contributed by atoms with Crippen LogP contribution in [0.1, 0.15) is 12.4 Å². The molecule has 52 valence electrons. The minimum Gasteiger partial charge on any atom is -0.369 e. The smallest absolute Gasteiger partial charge is 0.221 e. The number of hydrogen-bond acceptors (Lipinski definition) is 1. The average Bonchev–Trinajstić information content (AvgIpc) is 2.18. The topological polar surface area (TPSA) is 43.1 Å². The highest BCUT2D eigenvalue weighted by molar-refractivity contribution is 5.76. The van der Waals surface area contributed by atoms with Crippen LogP contribution in [0.15, 0.2) is 30.2 Å². The van der Waals surface area contributed by atoms with Crippen LogP contribution in [0.4, 0.5) is 0 Å². The molecule has 10 heavy (non-hydrogen) atoms. The maximum Gasteiger partial charge on any atom is 0.221 e. The van der Waals surface area contributed by atoms with Crippen molar-refractivity contribution in [2.24, 2.45) is 5.73 Å². The van der Waals surface area contributed by atoms with Crippen LogP contribution in [0.25, 0.3) is 0 Å². The number of carbonyl (C=O) groups excluding carboxylic acids is 1. The third-order valence-corrected chi connectivity index (χ3v) is 0.903. The van der Waals surface area contributed by atoms with Crippen LogP contribution in [-0.4, -0.2) is 5.91 Å². The van der Waals surface area contributed by atoms with Gasteiger partial charge in [-0.1, -0.05) is 30.2 Å². The Kier molecular flexibility index (Phi) is 0.826. The molecule has 1 aromatic rings. The van der Waals surface area contributed by atoms with Crippen LogP contribution >= 0.6 is 0 Å². The number of rotatable bonds is 2. The SMILES string of the molecule is [2H]c1c([2H])c([2H])c(CC(N)=O)c([2H])c1[2H]. The number of nitrogens with two attached hydrogens (primary N) is 1. The molecule has 0 bridgehead atoms. The van der Waals surface area contributed by atoms with Crippen LogP contribution in [0.5, 0.6) is 0 Å². The van der Waals surface area contributed by atoms with Gasteiger partial charge in [0.2, 0.25) is 5.91 Å². The Balaban J connectivity index is 3.45. The number of hydrogen-bond donors (Lipinski definition) is 1. The van der Waals surface area contributed by atoms with Gasteiger partial charge in [-0.25, -0.2) is 0 Å². The second kappa shape index (κ2) is 3.01. The Labute approximate surface area is 66.7 Å². The molecule has 0 radical (unpaired) electrons. The summed E-state index contributed by atoms with van der Waals surface area (Å²) in [6.45, 7) is 0. The van der Waals surface area contributed by atoms with E-state index in [-0.39, 0.29) is 24.1 Å². The van der Waals surface area contributed by atoms with Crippen molar-refractivity contribution < 1.29 is 11.6 Å². The maximum atomic E-state index is 10.7. The molecule has 0 aliphatic heterocycles. The fourth-order valence-corrected chi connectivity index (χ4v) is 0.539. The molecule has 0 fully saturated rings. The number of amides is 1. The molecule has 1 rings (SSSR count). The molecule has 2 heteroatoms. The highest BCUT2D eigenvalue weighted by Crippen LogP contribution is 1.97.